The van der Waals surface area contributed by atoms with Crippen LogP contribution in [0.15, 0.2) is 22.7 Å². The minimum Gasteiger partial charge on any atom is -0.354 e. The smallest absolute Gasteiger partial charge is 0.252 e. The molecule has 1 atom stereocenters. The van der Waals surface area contributed by atoms with Crippen LogP contribution >= 0.6 is 15.9 Å². The van der Waals surface area contributed by atoms with E-state index in [4.69, 9.17) is 0 Å². The van der Waals surface area contributed by atoms with Gasteiger partial charge in [0.15, 0.2) is 0 Å². The normalized spacial score (nSPS) is 17.3. The van der Waals surface area contributed by atoms with Gasteiger partial charge in [0.2, 0.25) is 5.91 Å². The molecule has 120 valence electrons. The maximum Gasteiger partial charge on any atom is 0.252 e. The van der Waals surface area contributed by atoms with Crippen LogP contribution in [0.3, 0.4) is 0 Å². The Morgan fingerprint density at radius 2 is 2.18 bits per heavy atom. The molecule has 0 aromatic heterocycles. The maximum atomic E-state index is 13.1. The Hall–Kier alpha value is -1.47. The van der Waals surface area contributed by atoms with Gasteiger partial charge in [0.05, 0.1) is 5.56 Å². The first-order chi connectivity index (χ1) is 10.6. The van der Waals surface area contributed by atoms with Crippen molar-refractivity contribution >= 4 is 27.7 Å². The van der Waals surface area contributed by atoms with E-state index in [0.717, 1.165) is 25.5 Å². The van der Waals surface area contributed by atoms with Crippen molar-refractivity contribution in [1.82, 2.24) is 16.0 Å². The van der Waals surface area contributed by atoms with Crippen molar-refractivity contribution < 1.29 is 14.0 Å². The zero-order valence-corrected chi connectivity index (χ0v) is 13.7. The highest BCUT2D eigenvalue weighted by Gasteiger charge is 2.15. The van der Waals surface area contributed by atoms with Crippen LogP contribution in [-0.2, 0) is 4.79 Å². The van der Waals surface area contributed by atoms with E-state index in [1.54, 1.807) is 0 Å². The summed E-state index contributed by atoms with van der Waals surface area (Å²) in [5.41, 5.74) is 0.218. The first-order valence-electron chi connectivity index (χ1n) is 7.29. The van der Waals surface area contributed by atoms with E-state index in [2.05, 4.69) is 31.9 Å². The van der Waals surface area contributed by atoms with Gasteiger partial charge >= 0.3 is 0 Å². The highest BCUT2D eigenvalue weighted by molar-refractivity contribution is 9.10. The summed E-state index contributed by atoms with van der Waals surface area (Å²) in [6.07, 6.45) is 2.41. The Bertz CT molecular complexity index is 548. The van der Waals surface area contributed by atoms with Crippen molar-refractivity contribution in [1.29, 1.82) is 0 Å². The maximum absolute atomic E-state index is 13.1. The molecule has 3 N–H and O–H groups in total. The second-order valence-electron chi connectivity index (χ2n) is 5.23. The predicted molar refractivity (Wildman–Crippen MR) is 85.1 cm³/mol. The fraction of sp³-hybridized carbons (Fsp3) is 0.467. The average molecular weight is 372 g/mol. The zero-order valence-electron chi connectivity index (χ0n) is 12.1. The number of rotatable bonds is 6. The summed E-state index contributed by atoms with van der Waals surface area (Å²) in [6.45, 7) is 1.83. The molecule has 0 radical (unpaired) electrons. The highest BCUT2D eigenvalue weighted by atomic mass is 79.9. The molecule has 22 heavy (non-hydrogen) atoms. The van der Waals surface area contributed by atoms with E-state index in [1.807, 2.05) is 0 Å². The lowest BCUT2D eigenvalue weighted by molar-refractivity contribution is -0.121. The van der Waals surface area contributed by atoms with Crippen molar-refractivity contribution in [3.63, 3.8) is 0 Å². The van der Waals surface area contributed by atoms with Crippen LogP contribution in [0.25, 0.3) is 0 Å². The third kappa shape index (κ3) is 5.06. The fourth-order valence-electron chi connectivity index (χ4n) is 2.31. The van der Waals surface area contributed by atoms with Crippen LogP contribution < -0.4 is 16.0 Å². The summed E-state index contributed by atoms with van der Waals surface area (Å²) in [4.78, 5) is 23.6. The number of halogens is 2. The predicted octanol–water partition coefficient (Wildman–Crippen LogP) is 1.58. The molecule has 7 heteroatoms. The van der Waals surface area contributed by atoms with Gasteiger partial charge < -0.3 is 16.0 Å². The Morgan fingerprint density at radius 1 is 1.36 bits per heavy atom. The van der Waals surface area contributed by atoms with E-state index in [0.29, 0.717) is 17.1 Å². The van der Waals surface area contributed by atoms with E-state index in [-0.39, 0.29) is 24.4 Å². The van der Waals surface area contributed by atoms with Gasteiger partial charge in [0.1, 0.15) is 5.82 Å². The molecular weight excluding hydrogens is 353 g/mol. The van der Waals surface area contributed by atoms with E-state index in [9.17, 15) is 14.0 Å². The Morgan fingerprint density at radius 3 is 2.91 bits per heavy atom. The Labute approximate surface area is 137 Å². The second-order valence-corrected chi connectivity index (χ2v) is 6.08. The molecule has 5 nitrogen and oxygen atoms in total. The zero-order chi connectivity index (χ0) is 15.9. The third-order valence-corrected chi connectivity index (χ3v) is 4.21. The Balaban J connectivity index is 1.69. The lowest BCUT2D eigenvalue weighted by Gasteiger charge is -2.12. The van der Waals surface area contributed by atoms with Crippen molar-refractivity contribution in [3.05, 3.63) is 34.1 Å². The molecule has 1 aliphatic rings. The number of nitrogens with one attached hydrogen (secondary N) is 3. The molecule has 1 unspecified atom stereocenters. The fourth-order valence-corrected chi connectivity index (χ4v) is 2.74. The lowest BCUT2D eigenvalue weighted by Crippen LogP contribution is -2.38. The second kappa shape index (κ2) is 8.24. The standard InChI is InChI=1S/C15H19BrFN3O2/c16-13-4-3-10(17)8-12(13)15(22)19-7-5-14(21)20-9-11-2-1-6-18-11/h3-4,8,11,18H,1-2,5-7,9H2,(H,19,22)(H,20,21). The van der Waals surface area contributed by atoms with Gasteiger partial charge in [-0.2, -0.15) is 0 Å². The summed E-state index contributed by atoms with van der Waals surface area (Å²) in [7, 11) is 0. The first kappa shape index (κ1) is 16.9. The van der Waals surface area contributed by atoms with Crippen LogP contribution in [0.1, 0.15) is 29.6 Å². The van der Waals surface area contributed by atoms with Gasteiger partial charge in [-0.05, 0) is 53.5 Å². The molecule has 2 rings (SSSR count). The van der Waals surface area contributed by atoms with Gasteiger partial charge in [-0.1, -0.05) is 0 Å². The molecule has 0 bridgehead atoms. The molecular formula is C15H19BrFN3O2. The first-order valence-corrected chi connectivity index (χ1v) is 8.09. The number of hydrogen-bond acceptors (Lipinski definition) is 3. The van der Waals surface area contributed by atoms with Gasteiger partial charge in [-0.25, -0.2) is 4.39 Å². The topological polar surface area (TPSA) is 70.2 Å². The molecule has 1 aliphatic heterocycles. The van der Waals surface area contributed by atoms with E-state index in [1.165, 1.54) is 12.1 Å². The molecule has 1 saturated heterocycles. The third-order valence-electron chi connectivity index (χ3n) is 3.52. The lowest BCUT2D eigenvalue weighted by atomic mass is 10.2. The molecule has 0 saturated carbocycles. The highest BCUT2D eigenvalue weighted by Crippen LogP contribution is 2.17. The minimum absolute atomic E-state index is 0.104. The number of amides is 2. The largest absolute Gasteiger partial charge is 0.354 e. The van der Waals surface area contributed by atoms with E-state index >= 15 is 0 Å². The summed E-state index contributed by atoms with van der Waals surface area (Å²) in [5.74, 6) is -0.987. The Kier molecular flexibility index (Phi) is 6.33. The van der Waals surface area contributed by atoms with Crippen molar-refractivity contribution in [3.8, 4) is 0 Å². The molecule has 1 heterocycles. The number of carbonyl (C=O) groups is 2. The molecule has 0 aliphatic carbocycles. The summed E-state index contributed by atoms with van der Waals surface area (Å²) in [6, 6.07) is 4.25. The molecule has 1 aromatic rings. The monoisotopic (exact) mass is 371 g/mol. The van der Waals surface area contributed by atoms with Crippen molar-refractivity contribution in [2.75, 3.05) is 19.6 Å². The quantitative estimate of drug-likeness (QED) is 0.710. The van der Waals surface area contributed by atoms with Gasteiger partial charge in [0.25, 0.3) is 5.91 Å². The van der Waals surface area contributed by atoms with Crippen LogP contribution in [0.2, 0.25) is 0 Å². The summed E-state index contributed by atoms with van der Waals surface area (Å²) < 4.78 is 13.7. The summed E-state index contributed by atoms with van der Waals surface area (Å²) in [5, 5.41) is 8.74. The number of benzene rings is 1. The number of carbonyl (C=O) groups excluding carboxylic acids is 2. The van der Waals surface area contributed by atoms with Gasteiger partial charge in [-0.3, -0.25) is 9.59 Å². The summed E-state index contributed by atoms with van der Waals surface area (Å²) >= 11 is 3.20. The van der Waals surface area contributed by atoms with Gasteiger partial charge in [-0.15, -0.1) is 0 Å². The molecule has 2 amide bonds. The van der Waals surface area contributed by atoms with Gasteiger partial charge in [0, 0.05) is 30.0 Å². The van der Waals surface area contributed by atoms with Crippen molar-refractivity contribution in [2.45, 2.75) is 25.3 Å². The number of hydrogen-bond donors (Lipinski definition) is 3. The van der Waals surface area contributed by atoms with Crippen LogP contribution in [-0.4, -0.2) is 37.5 Å². The average Bonchev–Trinajstić information content (AvgIpc) is 3.01. The molecule has 1 aromatic carbocycles. The van der Waals surface area contributed by atoms with E-state index < -0.39 is 11.7 Å². The minimum atomic E-state index is -0.477. The van der Waals surface area contributed by atoms with Crippen LogP contribution in [0.5, 0.6) is 0 Å². The van der Waals surface area contributed by atoms with Crippen LogP contribution in [0.4, 0.5) is 4.39 Å². The SMILES string of the molecule is O=C(CCNC(=O)c1cc(F)ccc1Br)NCC1CCCN1. The molecule has 0 spiro atoms. The molecule has 1 fully saturated rings. The van der Waals surface area contributed by atoms with Crippen LogP contribution in [0, 0.1) is 5.82 Å². The van der Waals surface area contributed by atoms with Crippen molar-refractivity contribution in [2.24, 2.45) is 0 Å².